The summed E-state index contributed by atoms with van der Waals surface area (Å²) in [6.07, 6.45) is 11.5. The maximum atomic E-state index is 11.9. The van der Waals surface area contributed by atoms with Crippen LogP contribution in [0.4, 0.5) is 0 Å². The Labute approximate surface area is 149 Å². The molecule has 5 heteroatoms. The van der Waals surface area contributed by atoms with Gasteiger partial charge in [0.05, 0.1) is 7.11 Å². The molecule has 1 aromatic rings. The van der Waals surface area contributed by atoms with Crippen LogP contribution in [-0.4, -0.2) is 24.7 Å². The maximum absolute atomic E-state index is 11.9. The molecule has 0 bridgehead atoms. The summed E-state index contributed by atoms with van der Waals surface area (Å²) in [5, 5.41) is 6.11. The molecule has 1 aromatic carbocycles. The van der Waals surface area contributed by atoms with Crippen LogP contribution >= 0.6 is 12.2 Å². The van der Waals surface area contributed by atoms with Crippen molar-refractivity contribution in [1.82, 2.24) is 10.6 Å². The van der Waals surface area contributed by atoms with Crippen LogP contribution in [-0.2, 0) is 4.79 Å². The highest BCUT2D eigenvalue weighted by Crippen LogP contribution is 2.19. The van der Waals surface area contributed by atoms with Gasteiger partial charge in [0.25, 0.3) is 0 Å². The third kappa shape index (κ3) is 6.54. The van der Waals surface area contributed by atoms with E-state index in [0.29, 0.717) is 5.11 Å². The Bertz CT molecular complexity index is 621. The molecule has 1 aliphatic carbocycles. The summed E-state index contributed by atoms with van der Waals surface area (Å²) in [5.74, 6) is 0.551. The summed E-state index contributed by atoms with van der Waals surface area (Å²) in [4.78, 5) is 11.9. The molecule has 0 radical (unpaired) electrons. The number of hydrogen-bond acceptors (Lipinski definition) is 3. The van der Waals surface area contributed by atoms with Gasteiger partial charge in [-0.3, -0.25) is 10.1 Å². The zero-order valence-corrected chi connectivity index (χ0v) is 14.8. The average molecular weight is 344 g/mol. The topological polar surface area (TPSA) is 50.4 Å². The molecule has 24 heavy (non-hydrogen) atoms. The largest absolute Gasteiger partial charge is 0.497 e. The van der Waals surface area contributed by atoms with Crippen LogP contribution in [0.15, 0.2) is 42.0 Å². The fourth-order valence-electron chi connectivity index (χ4n) is 2.55. The maximum Gasteiger partial charge on any atom is 0.250 e. The Balaban J connectivity index is 1.69. The van der Waals surface area contributed by atoms with Crippen molar-refractivity contribution >= 4 is 29.3 Å². The molecule has 0 aromatic heterocycles. The van der Waals surface area contributed by atoms with Gasteiger partial charge in [-0.1, -0.05) is 23.8 Å². The van der Waals surface area contributed by atoms with Gasteiger partial charge >= 0.3 is 0 Å². The van der Waals surface area contributed by atoms with Gasteiger partial charge < -0.3 is 10.1 Å². The zero-order valence-electron chi connectivity index (χ0n) is 14.0. The second-order valence-corrected chi connectivity index (χ2v) is 6.12. The molecular formula is C19H24N2O2S. The number of ether oxygens (including phenoxy) is 1. The van der Waals surface area contributed by atoms with Crippen molar-refractivity contribution in [3.63, 3.8) is 0 Å². The predicted molar refractivity (Wildman–Crippen MR) is 102 cm³/mol. The summed E-state index contributed by atoms with van der Waals surface area (Å²) in [7, 11) is 1.62. The Kier molecular flexibility index (Phi) is 7.49. The first-order chi connectivity index (χ1) is 11.7. The van der Waals surface area contributed by atoms with E-state index in [4.69, 9.17) is 17.0 Å². The SMILES string of the molecule is COc1ccc(C=CC(=O)NC(=S)NCCC2=CCCCC2)cc1. The van der Waals surface area contributed by atoms with E-state index in [2.05, 4.69) is 16.7 Å². The summed E-state index contributed by atoms with van der Waals surface area (Å²) < 4.78 is 5.10. The van der Waals surface area contributed by atoms with Crippen molar-refractivity contribution in [2.45, 2.75) is 32.1 Å². The number of benzene rings is 1. The third-order valence-corrected chi connectivity index (χ3v) is 4.14. The van der Waals surface area contributed by atoms with E-state index in [1.54, 1.807) is 13.2 Å². The van der Waals surface area contributed by atoms with Crippen molar-refractivity contribution in [3.05, 3.63) is 47.6 Å². The van der Waals surface area contributed by atoms with Crippen molar-refractivity contribution in [1.29, 1.82) is 0 Å². The quantitative estimate of drug-likeness (QED) is 0.470. The van der Waals surface area contributed by atoms with Crippen LogP contribution in [0.3, 0.4) is 0 Å². The molecule has 1 aliphatic rings. The molecule has 0 heterocycles. The van der Waals surface area contributed by atoms with Crippen LogP contribution in [0, 0.1) is 0 Å². The highest BCUT2D eigenvalue weighted by atomic mass is 32.1. The molecule has 2 N–H and O–H groups in total. The smallest absolute Gasteiger partial charge is 0.250 e. The van der Waals surface area contributed by atoms with Crippen LogP contribution in [0.25, 0.3) is 6.08 Å². The van der Waals surface area contributed by atoms with Gasteiger partial charge in [-0.05, 0) is 68.1 Å². The monoisotopic (exact) mass is 344 g/mol. The number of amides is 1. The molecule has 0 atom stereocenters. The van der Waals surface area contributed by atoms with E-state index in [9.17, 15) is 4.79 Å². The second-order valence-electron chi connectivity index (χ2n) is 5.71. The molecule has 0 saturated carbocycles. The van der Waals surface area contributed by atoms with Crippen LogP contribution < -0.4 is 15.4 Å². The van der Waals surface area contributed by atoms with Gasteiger partial charge in [0.15, 0.2) is 5.11 Å². The summed E-state index contributed by atoms with van der Waals surface area (Å²) in [6.45, 7) is 0.757. The second kappa shape index (κ2) is 9.88. The average Bonchev–Trinajstić information content (AvgIpc) is 2.61. The van der Waals surface area contributed by atoms with Gasteiger partial charge in [-0.15, -0.1) is 0 Å². The van der Waals surface area contributed by atoms with Crippen LogP contribution in [0.1, 0.15) is 37.7 Å². The molecule has 0 spiro atoms. The van der Waals surface area contributed by atoms with Gasteiger partial charge in [0, 0.05) is 12.6 Å². The van der Waals surface area contributed by atoms with E-state index in [1.807, 2.05) is 24.3 Å². The van der Waals surface area contributed by atoms with E-state index >= 15 is 0 Å². The molecule has 1 amide bonds. The molecule has 0 aliphatic heterocycles. The van der Waals surface area contributed by atoms with Gasteiger partial charge in [0.2, 0.25) is 5.91 Å². The minimum atomic E-state index is -0.236. The van der Waals surface area contributed by atoms with E-state index < -0.39 is 0 Å². The first-order valence-corrected chi connectivity index (χ1v) is 8.67. The first kappa shape index (κ1) is 18.2. The van der Waals surface area contributed by atoms with E-state index in [0.717, 1.165) is 24.3 Å². The molecule has 4 nitrogen and oxygen atoms in total. The Morgan fingerprint density at radius 2 is 2.08 bits per heavy atom. The Hall–Kier alpha value is -2.14. The lowest BCUT2D eigenvalue weighted by Gasteiger charge is -2.13. The number of rotatable bonds is 6. The Morgan fingerprint density at radius 3 is 2.75 bits per heavy atom. The van der Waals surface area contributed by atoms with Crippen molar-refractivity contribution in [2.75, 3.05) is 13.7 Å². The highest BCUT2D eigenvalue weighted by molar-refractivity contribution is 7.80. The summed E-state index contributed by atoms with van der Waals surface area (Å²) in [6, 6.07) is 7.47. The number of thiocarbonyl (C=S) groups is 1. The van der Waals surface area contributed by atoms with Crippen LogP contribution in [0.5, 0.6) is 5.75 Å². The number of nitrogens with one attached hydrogen (secondary N) is 2. The van der Waals surface area contributed by atoms with Crippen molar-refractivity contribution in [2.24, 2.45) is 0 Å². The molecule has 0 fully saturated rings. The molecule has 0 saturated heterocycles. The van der Waals surface area contributed by atoms with Crippen molar-refractivity contribution < 1.29 is 9.53 Å². The molecule has 128 valence electrons. The lowest BCUT2D eigenvalue weighted by molar-refractivity contribution is -0.115. The number of hydrogen-bond donors (Lipinski definition) is 2. The first-order valence-electron chi connectivity index (χ1n) is 8.26. The molecular weight excluding hydrogens is 320 g/mol. The lowest BCUT2D eigenvalue weighted by Crippen LogP contribution is -2.38. The van der Waals surface area contributed by atoms with Crippen molar-refractivity contribution in [3.8, 4) is 5.75 Å². The number of methoxy groups -OCH3 is 1. The zero-order chi connectivity index (χ0) is 17.2. The summed E-state index contributed by atoms with van der Waals surface area (Å²) in [5.41, 5.74) is 2.41. The normalized spacial score (nSPS) is 14.1. The fraction of sp³-hybridized carbons (Fsp3) is 0.368. The predicted octanol–water partition coefficient (Wildman–Crippen LogP) is 3.59. The molecule has 2 rings (SSSR count). The van der Waals surface area contributed by atoms with Gasteiger partial charge in [-0.25, -0.2) is 0 Å². The highest BCUT2D eigenvalue weighted by Gasteiger charge is 2.04. The van der Waals surface area contributed by atoms with Gasteiger partial charge in [-0.2, -0.15) is 0 Å². The van der Waals surface area contributed by atoms with Crippen LogP contribution in [0.2, 0.25) is 0 Å². The fourth-order valence-corrected chi connectivity index (χ4v) is 2.76. The minimum absolute atomic E-state index is 0.236. The number of carbonyl (C=O) groups is 1. The number of allylic oxidation sites excluding steroid dienone is 1. The van der Waals surface area contributed by atoms with Gasteiger partial charge in [0.1, 0.15) is 5.75 Å². The summed E-state index contributed by atoms with van der Waals surface area (Å²) >= 11 is 5.15. The lowest BCUT2D eigenvalue weighted by atomic mass is 9.97. The van der Waals surface area contributed by atoms with E-state index in [1.165, 1.54) is 37.3 Å². The molecule has 0 unspecified atom stereocenters. The Morgan fingerprint density at radius 1 is 1.29 bits per heavy atom. The number of carbonyl (C=O) groups excluding carboxylic acids is 1. The minimum Gasteiger partial charge on any atom is -0.497 e. The van der Waals surface area contributed by atoms with E-state index in [-0.39, 0.29) is 5.91 Å². The third-order valence-electron chi connectivity index (χ3n) is 3.90. The standard InChI is InChI=1S/C19H24N2O2S/c1-23-17-10-7-16(8-11-17)9-12-18(22)21-19(24)20-14-13-15-5-3-2-4-6-15/h5,7-12H,2-4,6,13-14H2,1H3,(H2,20,21,22,24).